The van der Waals surface area contributed by atoms with Gasteiger partial charge >= 0.3 is 0 Å². The largest absolute Gasteiger partial charge is 0.336 e. The van der Waals surface area contributed by atoms with Crippen LogP contribution in [0.25, 0.3) is 16.9 Å². The van der Waals surface area contributed by atoms with Gasteiger partial charge in [0.15, 0.2) is 5.78 Å². The maximum Gasteiger partial charge on any atom is 0.253 e. The molecule has 0 unspecified atom stereocenters. The SMILES string of the molecule is CC(=O)c1ccc(-n2cc(-c3ccc(CCN4CCN(C(=O)c5ccccc5)C[C@H]4C)cc3)nn2)cc1. The predicted molar refractivity (Wildman–Crippen MR) is 144 cm³/mol. The lowest BCUT2D eigenvalue weighted by Crippen LogP contribution is -2.53. The van der Waals surface area contributed by atoms with Crippen molar-refractivity contribution in [1.29, 1.82) is 0 Å². The van der Waals surface area contributed by atoms with Gasteiger partial charge in [0.2, 0.25) is 0 Å². The molecule has 0 aliphatic carbocycles. The van der Waals surface area contributed by atoms with E-state index < -0.39 is 0 Å². The molecule has 188 valence electrons. The predicted octanol–water partition coefficient (Wildman–Crippen LogP) is 4.53. The lowest BCUT2D eigenvalue weighted by Gasteiger charge is -2.40. The van der Waals surface area contributed by atoms with Crippen LogP contribution in [0.15, 0.2) is 85.1 Å². The summed E-state index contributed by atoms with van der Waals surface area (Å²) in [6.45, 7) is 7.10. The van der Waals surface area contributed by atoms with Crippen LogP contribution < -0.4 is 0 Å². The molecule has 1 saturated heterocycles. The Hall–Kier alpha value is -4.10. The van der Waals surface area contributed by atoms with Crippen LogP contribution in [0.3, 0.4) is 0 Å². The highest BCUT2D eigenvalue weighted by molar-refractivity contribution is 5.94. The highest BCUT2D eigenvalue weighted by Gasteiger charge is 2.26. The van der Waals surface area contributed by atoms with Crippen molar-refractivity contribution in [2.24, 2.45) is 0 Å². The van der Waals surface area contributed by atoms with E-state index in [0.29, 0.717) is 11.6 Å². The number of nitrogens with zero attached hydrogens (tertiary/aromatic N) is 5. The number of rotatable bonds is 7. The molecular weight excluding hydrogens is 462 g/mol. The summed E-state index contributed by atoms with van der Waals surface area (Å²) in [5, 5.41) is 8.58. The van der Waals surface area contributed by atoms with Crippen molar-refractivity contribution in [3.8, 4) is 16.9 Å². The number of aromatic nitrogens is 3. The Balaban J connectivity index is 1.15. The van der Waals surface area contributed by atoms with Gasteiger partial charge in [-0.2, -0.15) is 0 Å². The monoisotopic (exact) mass is 493 g/mol. The van der Waals surface area contributed by atoms with Crippen LogP contribution in [0.5, 0.6) is 0 Å². The summed E-state index contributed by atoms with van der Waals surface area (Å²) >= 11 is 0. The van der Waals surface area contributed by atoms with E-state index in [-0.39, 0.29) is 11.7 Å². The van der Waals surface area contributed by atoms with E-state index in [1.807, 2.05) is 53.6 Å². The second kappa shape index (κ2) is 10.9. The number of carbonyl (C=O) groups excluding carboxylic acids is 2. The molecule has 5 rings (SSSR count). The van der Waals surface area contributed by atoms with Gasteiger partial charge in [0.1, 0.15) is 5.69 Å². The van der Waals surface area contributed by atoms with E-state index >= 15 is 0 Å². The molecule has 0 spiro atoms. The van der Waals surface area contributed by atoms with Crippen molar-refractivity contribution in [2.45, 2.75) is 26.3 Å². The topological polar surface area (TPSA) is 71.3 Å². The highest BCUT2D eigenvalue weighted by atomic mass is 16.2. The fraction of sp³-hybridized carbons (Fsp3) is 0.267. The summed E-state index contributed by atoms with van der Waals surface area (Å²) in [6, 6.07) is 25.7. The highest BCUT2D eigenvalue weighted by Crippen LogP contribution is 2.20. The first-order valence-corrected chi connectivity index (χ1v) is 12.7. The molecule has 1 fully saturated rings. The molecule has 37 heavy (non-hydrogen) atoms. The Kier molecular flexibility index (Phi) is 7.23. The Morgan fingerprint density at radius 2 is 1.62 bits per heavy atom. The number of benzene rings is 3. The summed E-state index contributed by atoms with van der Waals surface area (Å²) in [5.74, 6) is 0.161. The zero-order chi connectivity index (χ0) is 25.8. The molecule has 0 radical (unpaired) electrons. The summed E-state index contributed by atoms with van der Waals surface area (Å²) in [4.78, 5) is 28.7. The third-order valence-corrected chi connectivity index (χ3v) is 7.04. The molecule has 7 heteroatoms. The van der Waals surface area contributed by atoms with Gasteiger partial charge in [0.05, 0.1) is 11.9 Å². The van der Waals surface area contributed by atoms with Crippen LogP contribution in [-0.2, 0) is 6.42 Å². The Bertz CT molecular complexity index is 1360. The lowest BCUT2D eigenvalue weighted by molar-refractivity contribution is 0.0518. The van der Waals surface area contributed by atoms with Crippen molar-refractivity contribution in [2.75, 3.05) is 26.2 Å². The summed E-state index contributed by atoms with van der Waals surface area (Å²) in [7, 11) is 0. The van der Waals surface area contributed by atoms with Crippen molar-refractivity contribution < 1.29 is 9.59 Å². The maximum absolute atomic E-state index is 12.8. The number of Topliss-reactive ketones (excluding diaryl/α,β-unsaturated/α-hetero) is 1. The van der Waals surface area contributed by atoms with E-state index in [1.165, 1.54) is 5.56 Å². The first-order valence-electron chi connectivity index (χ1n) is 12.7. The second-order valence-corrected chi connectivity index (χ2v) is 9.60. The minimum absolute atomic E-state index is 0.0424. The first-order chi connectivity index (χ1) is 18.0. The van der Waals surface area contributed by atoms with Crippen molar-refractivity contribution in [3.05, 3.63) is 102 Å². The van der Waals surface area contributed by atoms with Gasteiger partial charge in [-0.1, -0.05) is 47.7 Å². The van der Waals surface area contributed by atoms with Crippen LogP contribution in [-0.4, -0.2) is 68.7 Å². The summed E-state index contributed by atoms with van der Waals surface area (Å²) in [6.07, 6.45) is 2.85. The Morgan fingerprint density at radius 3 is 2.30 bits per heavy atom. The molecule has 4 aromatic rings. The molecule has 3 aromatic carbocycles. The third-order valence-electron chi connectivity index (χ3n) is 7.04. The maximum atomic E-state index is 12.8. The average Bonchev–Trinajstić information content (AvgIpc) is 3.43. The fourth-order valence-corrected chi connectivity index (χ4v) is 4.76. The smallest absolute Gasteiger partial charge is 0.253 e. The van der Waals surface area contributed by atoms with Crippen LogP contribution >= 0.6 is 0 Å². The summed E-state index contributed by atoms with van der Waals surface area (Å²) < 4.78 is 1.72. The van der Waals surface area contributed by atoms with Gasteiger partial charge in [-0.3, -0.25) is 14.5 Å². The van der Waals surface area contributed by atoms with E-state index in [0.717, 1.165) is 55.1 Å². The van der Waals surface area contributed by atoms with Gasteiger partial charge in [-0.15, -0.1) is 5.10 Å². The standard InChI is InChI=1S/C30H31N5O2/c1-22-20-34(30(37)27-6-4-3-5-7-27)19-18-33(22)17-16-24-8-10-26(11-9-24)29-21-35(32-31-29)28-14-12-25(13-15-28)23(2)36/h3-15,21-22H,16-20H2,1-2H3/t22-/m1/s1. The average molecular weight is 494 g/mol. The van der Waals surface area contributed by atoms with Crippen molar-refractivity contribution in [1.82, 2.24) is 24.8 Å². The Labute approximate surface area is 217 Å². The molecule has 0 bridgehead atoms. The third kappa shape index (κ3) is 5.67. The zero-order valence-corrected chi connectivity index (χ0v) is 21.2. The quantitative estimate of drug-likeness (QED) is 0.354. The molecule has 0 N–H and O–H groups in total. The number of amides is 1. The van der Waals surface area contributed by atoms with E-state index in [9.17, 15) is 9.59 Å². The molecule has 0 saturated carbocycles. The van der Waals surface area contributed by atoms with Gasteiger partial charge in [-0.25, -0.2) is 4.68 Å². The molecule has 2 heterocycles. The van der Waals surface area contributed by atoms with Gasteiger partial charge in [0.25, 0.3) is 5.91 Å². The van der Waals surface area contributed by atoms with E-state index in [2.05, 4.69) is 46.4 Å². The van der Waals surface area contributed by atoms with E-state index in [1.54, 1.807) is 23.7 Å². The van der Waals surface area contributed by atoms with Gasteiger partial charge in [0, 0.05) is 48.9 Å². The normalized spacial score (nSPS) is 16.1. The minimum atomic E-state index is 0.0424. The molecule has 1 atom stereocenters. The number of ketones is 1. The first kappa shape index (κ1) is 24.6. The molecule has 1 aliphatic rings. The molecule has 1 aliphatic heterocycles. The summed E-state index contributed by atoms with van der Waals surface area (Å²) in [5.41, 5.74) is 5.38. The van der Waals surface area contributed by atoms with Gasteiger partial charge < -0.3 is 4.90 Å². The lowest BCUT2D eigenvalue weighted by atomic mass is 10.1. The van der Waals surface area contributed by atoms with E-state index in [4.69, 9.17) is 0 Å². The molecule has 1 aromatic heterocycles. The van der Waals surface area contributed by atoms with Gasteiger partial charge in [-0.05, 0) is 62.2 Å². The number of carbonyl (C=O) groups is 2. The molecule has 1 amide bonds. The minimum Gasteiger partial charge on any atom is -0.336 e. The Morgan fingerprint density at radius 1 is 0.892 bits per heavy atom. The number of hydrogen-bond donors (Lipinski definition) is 0. The number of piperazine rings is 1. The van der Waals surface area contributed by atoms with Crippen LogP contribution in [0.2, 0.25) is 0 Å². The molecular formula is C30H31N5O2. The van der Waals surface area contributed by atoms with Crippen molar-refractivity contribution >= 4 is 11.7 Å². The van der Waals surface area contributed by atoms with Crippen LogP contribution in [0, 0.1) is 0 Å². The fourth-order valence-electron chi connectivity index (χ4n) is 4.76. The van der Waals surface area contributed by atoms with Crippen LogP contribution in [0.1, 0.15) is 40.1 Å². The van der Waals surface area contributed by atoms with Crippen LogP contribution in [0.4, 0.5) is 0 Å². The zero-order valence-electron chi connectivity index (χ0n) is 21.2. The second-order valence-electron chi connectivity index (χ2n) is 9.60. The number of hydrogen-bond acceptors (Lipinski definition) is 5. The molecule has 7 nitrogen and oxygen atoms in total. The van der Waals surface area contributed by atoms with Crippen molar-refractivity contribution in [3.63, 3.8) is 0 Å².